The molecule has 2 saturated heterocycles. The summed E-state index contributed by atoms with van der Waals surface area (Å²) in [6.45, 7) is 9.30. The number of nitrogens with one attached hydrogen (secondary N) is 1. The molecule has 2 aromatic rings. The van der Waals surface area contributed by atoms with Gasteiger partial charge in [-0.1, -0.05) is 30.3 Å². The Morgan fingerprint density at radius 3 is 2.52 bits per heavy atom. The molecule has 1 aromatic heterocycles. The third-order valence-corrected chi connectivity index (χ3v) is 6.79. The summed E-state index contributed by atoms with van der Waals surface area (Å²) in [6.07, 6.45) is 9.29. The third kappa shape index (κ3) is 6.65. The Hall–Kier alpha value is -2.18. The van der Waals surface area contributed by atoms with Crippen LogP contribution < -0.4 is 5.32 Å². The van der Waals surface area contributed by atoms with Crippen LogP contribution in [0.5, 0.6) is 0 Å². The first-order chi connectivity index (χ1) is 15.2. The number of rotatable bonds is 9. The van der Waals surface area contributed by atoms with Crippen LogP contribution in [0.2, 0.25) is 0 Å². The van der Waals surface area contributed by atoms with Crippen LogP contribution in [0.4, 0.5) is 0 Å². The van der Waals surface area contributed by atoms with Crippen molar-refractivity contribution in [3.05, 3.63) is 53.9 Å². The van der Waals surface area contributed by atoms with E-state index in [1.165, 1.54) is 24.0 Å². The van der Waals surface area contributed by atoms with E-state index in [1.807, 2.05) is 10.9 Å². The van der Waals surface area contributed by atoms with Gasteiger partial charge in [-0.05, 0) is 57.2 Å². The molecule has 1 unspecified atom stereocenters. The number of carbonyl (C=O) groups is 1. The molecule has 1 atom stereocenters. The summed E-state index contributed by atoms with van der Waals surface area (Å²) in [5.41, 5.74) is 2.65. The summed E-state index contributed by atoms with van der Waals surface area (Å²) in [5, 5.41) is 7.66. The number of aromatic nitrogens is 2. The third-order valence-electron chi connectivity index (χ3n) is 6.79. The van der Waals surface area contributed by atoms with Crippen molar-refractivity contribution in [2.75, 3.05) is 26.2 Å². The fraction of sp³-hybridized carbons (Fsp3) is 0.600. The van der Waals surface area contributed by atoms with E-state index in [0.717, 1.165) is 58.7 Å². The van der Waals surface area contributed by atoms with E-state index in [4.69, 9.17) is 0 Å². The van der Waals surface area contributed by atoms with Gasteiger partial charge >= 0.3 is 0 Å². The highest BCUT2D eigenvalue weighted by Crippen LogP contribution is 2.23. The Balaban J connectivity index is 1.10. The first-order valence-electron chi connectivity index (χ1n) is 12.0. The zero-order valence-electron chi connectivity index (χ0n) is 18.9. The fourth-order valence-electron chi connectivity index (χ4n) is 4.92. The highest BCUT2D eigenvalue weighted by molar-refractivity contribution is 5.76. The summed E-state index contributed by atoms with van der Waals surface area (Å²) < 4.78 is 1.99. The van der Waals surface area contributed by atoms with Crippen molar-refractivity contribution in [3.8, 4) is 0 Å². The second kappa shape index (κ2) is 10.9. The summed E-state index contributed by atoms with van der Waals surface area (Å²) >= 11 is 0. The molecule has 0 aliphatic carbocycles. The van der Waals surface area contributed by atoms with Crippen molar-refractivity contribution < 1.29 is 4.79 Å². The van der Waals surface area contributed by atoms with E-state index in [-0.39, 0.29) is 5.91 Å². The van der Waals surface area contributed by atoms with Crippen molar-refractivity contribution in [1.29, 1.82) is 0 Å². The van der Waals surface area contributed by atoms with Gasteiger partial charge < -0.3 is 5.32 Å². The SMILES string of the molecule is CCn1cc(CN2CCC(CCC(=O)NC3CCN(Cc4ccccc4)C3)CC2)cn1. The molecule has 4 rings (SSSR count). The molecular formula is C25H37N5O. The lowest BCUT2D eigenvalue weighted by atomic mass is 9.92. The monoisotopic (exact) mass is 423 g/mol. The van der Waals surface area contributed by atoms with E-state index in [1.54, 1.807) is 0 Å². The Bertz CT molecular complexity index is 812. The van der Waals surface area contributed by atoms with Crippen LogP contribution in [0, 0.1) is 5.92 Å². The summed E-state index contributed by atoms with van der Waals surface area (Å²) in [6, 6.07) is 10.9. The van der Waals surface area contributed by atoms with E-state index in [0.29, 0.717) is 18.4 Å². The molecule has 0 bridgehead atoms. The maximum atomic E-state index is 12.5. The molecule has 1 aromatic carbocycles. The predicted octanol–water partition coefficient (Wildman–Crippen LogP) is 3.29. The Labute approximate surface area is 186 Å². The molecule has 0 spiro atoms. The number of piperidine rings is 1. The predicted molar refractivity (Wildman–Crippen MR) is 123 cm³/mol. The molecule has 31 heavy (non-hydrogen) atoms. The standard InChI is InChI=1S/C25H37N5O/c1-2-30-19-23(16-26-30)18-28-13-10-21(11-14-28)8-9-25(31)27-24-12-15-29(20-24)17-22-6-4-3-5-7-22/h3-7,16,19,21,24H,2,8-15,17-18,20H2,1H3,(H,27,31). The van der Waals surface area contributed by atoms with Gasteiger partial charge in [0.15, 0.2) is 0 Å². The highest BCUT2D eigenvalue weighted by Gasteiger charge is 2.25. The molecule has 2 fully saturated rings. The molecule has 0 radical (unpaired) electrons. The first-order valence-corrected chi connectivity index (χ1v) is 12.0. The second-order valence-corrected chi connectivity index (χ2v) is 9.24. The van der Waals surface area contributed by atoms with Crippen LogP contribution in [0.25, 0.3) is 0 Å². The van der Waals surface area contributed by atoms with Gasteiger partial charge in [-0.2, -0.15) is 5.10 Å². The van der Waals surface area contributed by atoms with Crippen LogP contribution in [0.3, 0.4) is 0 Å². The fourth-order valence-corrected chi connectivity index (χ4v) is 4.92. The lowest BCUT2D eigenvalue weighted by molar-refractivity contribution is -0.122. The average Bonchev–Trinajstić information content (AvgIpc) is 3.43. The molecule has 0 saturated carbocycles. The minimum atomic E-state index is 0.237. The van der Waals surface area contributed by atoms with Crippen molar-refractivity contribution in [2.45, 2.75) is 64.7 Å². The lowest BCUT2D eigenvalue weighted by Gasteiger charge is -2.31. The van der Waals surface area contributed by atoms with E-state index in [9.17, 15) is 4.79 Å². The van der Waals surface area contributed by atoms with Gasteiger partial charge in [0, 0.05) is 56.9 Å². The van der Waals surface area contributed by atoms with E-state index < -0.39 is 0 Å². The minimum Gasteiger partial charge on any atom is -0.352 e. The quantitative estimate of drug-likeness (QED) is 0.673. The average molecular weight is 424 g/mol. The number of hydrogen-bond acceptors (Lipinski definition) is 4. The Kier molecular flexibility index (Phi) is 7.76. The molecule has 2 aliphatic heterocycles. The summed E-state index contributed by atoms with van der Waals surface area (Å²) in [4.78, 5) is 17.5. The molecule has 1 N–H and O–H groups in total. The van der Waals surface area contributed by atoms with Crippen molar-refractivity contribution >= 4 is 5.91 Å². The van der Waals surface area contributed by atoms with Gasteiger partial charge in [-0.15, -0.1) is 0 Å². The summed E-state index contributed by atoms with van der Waals surface area (Å²) in [5.74, 6) is 0.916. The Morgan fingerprint density at radius 1 is 1.03 bits per heavy atom. The van der Waals surface area contributed by atoms with E-state index in [2.05, 4.69) is 63.7 Å². The zero-order valence-corrected chi connectivity index (χ0v) is 18.9. The highest BCUT2D eigenvalue weighted by atomic mass is 16.1. The number of amides is 1. The number of hydrogen-bond donors (Lipinski definition) is 1. The maximum Gasteiger partial charge on any atom is 0.220 e. The van der Waals surface area contributed by atoms with Gasteiger partial charge in [0.2, 0.25) is 5.91 Å². The normalized spacial score (nSPS) is 20.9. The lowest BCUT2D eigenvalue weighted by Crippen LogP contribution is -2.37. The Morgan fingerprint density at radius 2 is 1.77 bits per heavy atom. The van der Waals surface area contributed by atoms with Crippen molar-refractivity contribution in [3.63, 3.8) is 0 Å². The number of likely N-dealkylation sites (tertiary alicyclic amines) is 2. The van der Waals surface area contributed by atoms with E-state index >= 15 is 0 Å². The number of aryl methyl sites for hydroxylation is 1. The van der Waals surface area contributed by atoms with Crippen LogP contribution in [0.1, 0.15) is 50.2 Å². The van der Waals surface area contributed by atoms with Gasteiger partial charge in [0.05, 0.1) is 6.20 Å². The maximum absolute atomic E-state index is 12.5. The first kappa shape index (κ1) is 22.0. The topological polar surface area (TPSA) is 53.4 Å². The van der Waals surface area contributed by atoms with Crippen LogP contribution in [0.15, 0.2) is 42.7 Å². The van der Waals surface area contributed by atoms with Crippen molar-refractivity contribution in [1.82, 2.24) is 24.9 Å². The van der Waals surface area contributed by atoms with Crippen LogP contribution in [-0.4, -0.2) is 57.7 Å². The minimum absolute atomic E-state index is 0.237. The molecule has 6 heteroatoms. The number of benzene rings is 1. The molecule has 3 heterocycles. The van der Waals surface area contributed by atoms with Gasteiger partial charge in [0.25, 0.3) is 0 Å². The molecule has 6 nitrogen and oxygen atoms in total. The second-order valence-electron chi connectivity index (χ2n) is 9.24. The van der Waals surface area contributed by atoms with Crippen molar-refractivity contribution in [2.24, 2.45) is 5.92 Å². The van der Waals surface area contributed by atoms with Gasteiger partial charge in [-0.3, -0.25) is 19.3 Å². The van der Waals surface area contributed by atoms with Crippen LogP contribution >= 0.6 is 0 Å². The van der Waals surface area contributed by atoms with Gasteiger partial charge in [0.1, 0.15) is 0 Å². The number of carbonyl (C=O) groups excluding carboxylic acids is 1. The molecule has 1 amide bonds. The largest absolute Gasteiger partial charge is 0.352 e. The smallest absolute Gasteiger partial charge is 0.220 e. The zero-order chi connectivity index (χ0) is 21.5. The molecule has 168 valence electrons. The molecular weight excluding hydrogens is 386 g/mol. The van der Waals surface area contributed by atoms with Gasteiger partial charge in [-0.25, -0.2) is 0 Å². The number of nitrogens with zero attached hydrogens (tertiary/aromatic N) is 4. The summed E-state index contributed by atoms with van der Waals surface area (Å²) in [7, 11) is 0. The molecule has 2 aliphatic rings. The van der Waals surface area contributed by atoms with Crippen LogP contribution in [-0.2, 0) is 24.4 Å².